The average Bonchev–Trinajstić information content (AvgIpc) is 2.36. The third kappa shape index (κ3) is 5.88. The van der Waals surface area contributed by atoms with Crippen molar-refractivity contribution in [1.82, 2.24) is 9.88 Å². The number of pyridine rings is 1. The summed E-state index contributed by atoms with van der Waals surface area (Å²) in [6.45, 7) is 13.2. The van der Waals surface area contributed by atoms with E-state index in [9.17, 15) is 9.59 Å². The van der Waals surface area contributed by atoms with Crippen molar-refractivity contribution in [3.8, 4) is 0 Å². The first kappa shape index (κ1) is 18.9. The van der Waals surface area contributed by atoms with Gasteiger partial charge in [0.25, 0.3) is 5.91 Å². The number of amides is 2. The first-order valence-electron chi connectivity index (χ1n) is 7.80. The van der Waals surface area contributed by atoms with E-state index in [2.05, 4.69) is 10.3 Å². The molecule has 1 aromatic rings. The summed E-state index contributed by atoms with van der Waals surface area (Å²) in [6.07, 6.45) is 0.903. The quantitative estimate of drug-likeness (QED) is 0.918. The SMILES string of the molecule is CC(C)N(C(=O)c1ccc(NC(=O)OC(C)(C)C)cn1)C(C)C. The molecular formula is C17H27N3O3. The zero-order valence-corrected chi connectivity index (χ0v) is 15.0. The molecule has 0 bridgehead atoms. The van der Waals surface area contributed by atoms with Crippen molar-refractivity contribution < 1.29 is 14.3 Å². The van der Waals surface area contributed by atoms with Gasteiger partial charge in [-0.25, -0.2) is 9.78 Å². The van der Waals surface area contributed by atoms with Crippen molar-refractivity contribution in [1.29, 1.82) is 0 Å². The number of anilines is 1. The summed E-state index contributed by atoms with van der Waals surface area (Å²) in [4.78, 5) is 30.1. The van der Waals surface area contributed by atoms with Crippen molar-refractivity contribution in [2.24, 2.45) is 0 Å². The standard InChI is InChI=1S/C17H27N3O3/c1-11(2)20(12(3)4)15(21)14-9-8-13(10-18-14)19-16(22)23-17(5,6)7/h8-12H,1-7H3,(H,19,22). The molecule has 0 aliphatic carbocycles. The largest absolute Gasteiger partial charge is 0.444 e. The van der Waals surface area contributed by atoms with Crippen molar-refractivity contribution in [3.05, 3.63) is 24.0 Å². The molecule has 1 rings (SSSR count). The Morgan fingerprint density at radius 2 is 1.70 bits per heavy atom. The number of nitrogens with one attached hydrogen (secondary N) is 1. The molecule has 0 atom stereocenters. The minimum atomic E-state index is -0.567. The smallest absolute Gasteiger partial charge is 0.412 e. The van der Waals surface area contributed by atoms with Gasteiger partial charge >= 0.3 is 6.09 Å². The van der Waals surface area contributed by atoms with Gasteiger partial charge in [0.15, 0.2) is 0 Å². The van der Waals surface area contributed by atoms with Crippen LogP contribution in [-0.2, 0) is 4.74 Å². The third-order valence-corrected chi connectivity index (χ3v) is 2.98. The lowest BCUT2D eigenvalue weighted by Crippen LogP contribution is -2.42. The van der Waals surface area contributed by atoms with E-state index in [1.807, 2.05) is 27.7 Å². The van der Waals surface area contributed by atoms with Gasteiger partial charge in [0.05, 0.1) is 11.9 Å². The molecular weight excluding hydrogens is 294 g/mol. The Bertz CT molecular complexity index is 537. The van der Waals surface area contributed by atoms with E-state index in [-0.39, 0.29) is 18.0 Å². The molecule has 0 aliphatic heterocycles. The zero-order valence-electron chi connectivity index (χ0n) is 15.0. The van der Waals surface area contributed by atoms with Gasteiger partial charge < -0.3 is 9.64 Å². The van der Waals surface area contributed by atoms with Crippen LogP contribution in [0.2, 0.25) is 0 Å². The van der Waals surface area contributed by atoms with Crippen LogP contribution in [0, 0.1) is 0 Å². The van der Waals surface area contributed by atoms with Crippen LogP contribution in [0.5, 0.6) is 0 Å². The summed E-state index contributed by atoms with van der Waals surface area (Å²) in [7, 11) is 0. The van der Waals surface area contributed by atoms with Crippen molar-refractivity contribution in [2.75, 3.05) is 5.32 Å². The van der Waals surface area contributed by atoms with Gasteiger partial charge in [-0.1, -0.05) is 0 Å². The highest BCUT2D eigenvalue weighted by Crippen LogP contribution is 2.14. The molecule has 0 radical (unpaired) electrons. The van der Waals surface area contributed by atoms with Crippen LogP contribution in [-0.4, -0.2) is 39.6 Å². The van der Waals surface area contributed by atoms with Crippen molar-refractivity contribution in [3.63, 3.8) is 0 Å². The maximum Gasteiger partial charge on any atom is 0.412 e. The second-order valence-electron chi connectivity index (χ2n) is 6.96. The molecule has 6 nitrogen and oxygen atoms in total. The van der Waals surface area contributed by atoms with Crippen molar-refractivity contribution >= 4 is 17.7 Å². The fraction of sp³-hybridized carbons (Fsp3) is 0.588. The van der Waals surface area contributed by atoms with Gasteiger partial charge in [-0.05, 0) is 60.6 Å². The van der Waals surface area contributed by atoms with E-state index in [0.29, 0.717) is 11.4 Å². The first-order valence-corrected chi connectivity index (χ1v) is 7.80. The first-order chi connectivity index (χ1) is 10.5. The molecule has 1 heterocycles. The number of hydrogen-bond donors (Lipinski definition) is 1. The molecule has 2 amide bonds. The molecule has 1 aromatic heterocycles. The number of nitrogens with zero attached hydrogens (tertiary/aromatic N) is 2. The summed E-state index contributed by atoms with van der Waals surface area (Å²) < 4.78 is 5.17. The summed E-state index contributed by atoms with van der Waals surface area (Å²) in [5, 5.41) is 2.59. The molecule has 1 N–H and O–H groups in total. The Morgan fingerprint density at radius 1 is 1.13 bits per heavy atom. The minimum absolute atomic E-state index is 0.0869. The lowest BCUT2D eigenvalue weighted by Gasteiger charge is -2.30. The maximum absolute atomic E-state index is 12.5. The number of aromatic nitrogens is 1. The van der Waals surface area contributed by atoms with Gasteiger partial charge in [0.2, 0.25) is 0 Å². The molecule has 0 aliphatic rings. The summed E-state index contributed by atoms with van der Waals surface area (Å²) in [5.74, 6) is -0.126. The molecule has 0 fully saturated rings. The number of carbonyl (C=O) groups excluding carboxylic acids is 2. The van der Waals surface area contributed by atoms with E-state index < -0.39 is 11.7 Å². The Morgan fingerprint density at radius 3 is 2.09 bits per heavy atom. The van der Waals surface area contributed by atoms with E-state index in [0.717, 1.165) is 0 Å². The molecule has 0 aromatic carbocycles. The van der Waals surface area contributed by atoms with Crippen LogP contribution < -0.4 is 5.32 Å². The molecule has 6 heteroatoms. The topological polar surface area (TPSA) is 71.5 Å². The second-order valence-corrected chi connectivity index (χ2v) is 6.96. The third-order valence-electron chi connectivity index (χ3n) is 2.98. The normalized spacial score (nSPS) is 11.5. The summed E-state index contributed by atoms with van der Waals surface area (Å²) >= 11 is 0. The predicted molar refractivity (Wildman–Crippen MR) is 90.5 cm³/mol. The van der Waals surface area contributed by atoms with Crippen LogP contribution >= 0.6 is 0 Å². The highest BCUT2D eigenvalue weighted by molar-refractivity contribution is 5.93. The molecule has 0 unspecified atom stereocenters. The lowest BCUT2D eigenvalue weighted by atomic mass is 10.2. The van der Waals surface area contributed by atoms with Gasteiger partial charge in [-0.15, -0.1) is 0 Å². The molecule has 0 saturated heterocycles. The van der Waals surface area contributed by atoms with Gasteiger partial charge in [0.1, 0.15) is 11.3 Å². The lowest BCUT2D eigenvalue weighted by molar-refractivity contribution is 0.0628. The highest BCUT2D eigenvalue weighted by atomic mass is 16.6. The van der Waals surface area contributed by atoms with E-state index in [1.165, 1.54) is 6.20 Å². The van der Waals surface area contributed by atoms with E-state index in [1.54, 1.807) is 37.8 Å². The molecule has 23 heavy (non-hydrogen) atoms. The zero-order chi connectivity index (χ0) is 17.8. The molecule has 0 saturated carbocycles. The number of hydrogen-bond acceptors (Lipinski definition) is 4. The van der Waals surface area contributed by atoms with Crippen LogP contribution in [0.3, 0.4) is 0 Å². The summed E-state index contributed by atoms with van der Waals surface area (Å²) in [6, 6.07) is 3.42. The number of rotatable bonds is 4. The summed E-state index contributed by atoms with van der Waals surface area (Å²) in [5.41, 5.74) is 0.265. The van der Waals surface area contributed by atoms with Crippen LogP contribution in [0.4, 0.5) is 10.5 Å². The number of ether oxygens (including phenoxy) is 1. The Kier molecular flexibility index (Phi) is 6.12. The van der Waals surface area contributed by atoms with Crippen LogP contribution in [0.1, 0.15) is 59.0 Å². The van der Waals surface area contributed by atoms with Crippen molar-refractivity contribution in [2.45, 2.75) is 66.2 Å². The van der Waals surface area contributed by atoms with Gasteiger partial charge in [-0.3, -0.25) is 10.1 Å². The van der Waals surface area contributed by atoms with Gasteiger partial charge in [-0.2, -0.15) is 0 Å². The Hall–Kier alpha value is -2.11. The Balaban J connectivity index is 2.80. The highest BCUT2D eigenvalue weighted by Gasteiger charge is 2.22. The maximum atomic E-state index is 12.5. The average molecular weight is 321 g/mol. The minimum Gasteiger partial charge on any atom is -0.444 e. The van der Waals surface area contributed by atoms with E-state index >= 15 is 0 Å². The number of carbonyl (C=O) groups is 2. The second kappa shape index (κ2) is 7.44. The molecule has 0 spiro atoms. The van der Waals surface area contributed by atoms with Crippen LogP contribution in [0.15, 0.2) is 18.3 Å². The van der Waals surface area contributed by atoms with Crippen LogP contribution in [0.25, 0.3) is 0 Å². The fourth-order valence-corrected chi connectivity index (χ4v) is 2.21. The predicted octanol–water partition coefficient (Wildman–Crippen LogP) is 3.69. The fourth-order valence-electron chi connectivity index (χ4n) is 2.21. The Labute approximate surface area is 138 Å². The van der Waals surface area contributed by atoms with Gasteiger partial charge in [0, 0.05) is 12.1 Å². The molecule has 128 valence electrons. The van der Waals surface area contributed by atoms with E-state index in [4.69, 9.17) is 4.74 Å². The monoisotopic (exact) mass is 321 g/mol.